The normalized spacial score (nSPS) is 17.9. The fraction of sp³-hybridized carbons (Fsp3) is 0.667. The molecule has 1 aliphatic carbocycles. The van der Waals surface area contributed by atoms with Crippen LogP contribution in [0.3, 0.4) is 0 Å². The summed E-state index contributed by atoms with van der Waals surface area (Å²) in [6.45, 7) is 0. The van der Waals surface area contributed by atoms with Crippen molar-refractivity contribution in [2.24, 2.45) is 0 Å². The first-order valence-corrected chi connectivity index (χ1v) is 7.39. The van der Waals surface area contributed by atoms with E-state index < -0.39 is 0 Å². The molecule has 0 unspecified atom stereocenters. The topological polar surface area (TPSA) is 56.0 Å². The van der Waals surface area contributed by atoms with Crippen molar-refractivity contribution in [2.75, 3.05) is 0 Å². The van der Waals surface area contributed by atoms with E-state index in [4.69, 9.17) is 0 Å². The average molecular weight is 262 g/mol. The van der Waals surface area contributed by atoms with Gasteiger partial charge >= 0.3 is 0 Å². The molecule has 0 bridgehead atoms. The summed E-state index contributed by atoms with van der Waals surface area (Å²) >= 11 is 0. The Hall–Kier alpha value is -1.45. The van der Waals surface area contributed by atoms with Gasteiger partial charge in [-0.25, -0.2) is 0 Å². The van der Waals surface area contributed by atoms with E-state index in [1.54, 1.807) is 6.07 Å². The van der Waals surface area contributed by atoms with E-state index >= 15 is 0 Å². The van der Waals surface area contributed by atoms with Gasteiger partial charge < -0.3 is 0 Å². The summed E-state index contributed by atoms with van der Waals surface area (Å²) in [5.74, 6) is 0. The highest BCUT2D eigenvalue weighted by atomic mass is 16.6. The van der Waals surface area contributed by atoms with Gasteiger partial charge in [0, 0.05) is 11.8 Å². The summed E-state index contributed by atoms with van der Waals surface area (Å²) in [7, 11) is 0. The molecule has 0 amide bonds. The van der Waals surface area contributed by atoms with Crippen LogP contribution in [0.2, 0.25) is 0 Å². The van der Waals surface area contributed by atoms with Gasteiger partial charge in [-0.15, -0.1) is 0 Å². The van der Waals surface area contributed by atoms with Crippen molar-refractivity contribution in [3.05, 3.63) is 33.6 Å². The fourth-order valence-electron chi connectivity index (χ4n) is 2.74. The molecule has 19 heavy (non-hydrogen) atoms. The molecule has 0 aromatic carbocycles. The minimum atomic E-state index is -0.344. The molecule has 0 radical (unpaired) electrons. The lowest BCUT2D eigenvalue weighted by Crippen LogP contribution is -2.02. The van der Waals surface area contributed by atoms with Gasteiger partial charge in [-0.1, -0.05) is 38.5 Å². The molecule has 0 aliphatic heterocycles. The Morgan fingerprint density at radius 3 is 2.16 bits per heavy atom. The summed E-state index contributed by atoms with van der Waals surface area (Å²) in [6.07, 6.45) is 13.3. The largest absolute Gasteiger partial charge is 0.287 e. The molecule has 0 fully saturated rings. The Bertz CT molecular complexity index is 432. The van der Waals surface area contributed by atoms with Gasteiger partial charge in [-0.05, 0) is 31.2 Å². The van der Waals surface area contributed by atoms with Gasteiger partial charge in [0.05, 0.1) is 4.92 Å². The van der Waals surface area contributed by atoms with Crippen LogP contribution in [0.4, 0.5) is 5.69 Å². The summed E-state index contributed by atoms with van der Waals surface area (Å²) < 4.78 is 0. The van der Waals surface area contributed by atoms with E-state index in [0.29, 0.717) is 0 Å². The second-order valence-electron chi connectivity index (χ2n) is 5.38. The lowest BCUT2D eigenvalue weighted by Gasteiger charge is -2.10. The molecule has 4 nitrogen and oxygen atoms in total. The molecule has 1 heterocycles. The number of nitro groups is 1. The van der Waals surface area contributed by atoms with Crippen LogP contribution in [-0.4, -0.2) is 9.91 Å². The first-order chi connectivity index (χ1) is 9.27. The van der Waals surface area contributed by atoms with Crippen molar-refractivity contribution < 1.29 is 4.92 Å². The maximum absolute atomic E-state index is 10.8. The maximum atomic E-state index is 10.8. The zero-order chi connectivity index (χ0) is 13.5. The third-order valence-corrected chi connectivity index (χ3v) is 3.87. The molecule has 0 atom stereocenters. The van der Waals surface area contributed by atoms with Crippen LogP contribution in [0.1, 0.15) is 62.6 Å². The predicted molar refractivity (Wildman–Crippen MR) is 75.2 cm³/mol. The standard InChI is InChI=1S/C15H22N2O2/c18-17(19)14-11-13-9-7-5-3-1-2-4-6-8-10-15(13)16-12-14/h11-12H,1-10H2. The molecule has 4 heteroatoms. The minimum Gasteiger partial charge on any atom is -0.258 e. The number of rotatable bonds is 1. The second kappa shape index (κ2) is 7.22. The number of fused-ring (bicyclic) bond motifs is 1. The Balaban J connectivity index is 2.13. The maximum Gasteiger partial charge on any atom is 0.287 e. The zero-order valence-electron chi connectivity index (χ0n) is 11.4. The Morgan fingerprint density at radius 1 is 0.947 bits per heavy atom. The predicted octanol–water partition coefficient (Wildman–Crippen LogP) is 4.21. The summed E-state index contributed by atoms with van der Waals surface area (Å²) in [4.78, 5) is 14.8. The van der Waals surface area contributed by atoms with Crippen LogP contribution in [-0.2, 0) is 12.8 Å². The highest BCUT2D eigenvalue weighted by molar-refractivity contribution is 5.34. The molecule has 0 N–H and O–H groups in total. The van der Waals surface area contributed by atoms with Crippen LogP contribution >= 0.6 is 0 Å². The molecule has 104 valence electrons. The summed E-state index contributed by atoms with van der Waals surface area (Å²) in [5.41, 5.74) is 2.30. The molecule has 2 rings (SSSR count). The van der Waals surface area contributed by atoms with Crippen molar-refractivity contribution in [3.8, 4) is 0 Å². The van der Waals surface area contributed by atoms with Gasteiger partial charge in [-0.3, -0.25) is 15.1 Å². The molecule has 0 saturated carbocycles. The number of hydrogen-bond donors (Lipinski definition) is 0. The fourth-order valence-corrected chi connectivity index (χ4v) is 2.74. The lowest BCUT2D eigenvalue weighted by molar-refractivity contribution is -0.385. The third-order valence-electron chi connectivity index (χ3n) is 3.87. The smallest absolute Gasteiger partial charge is 0.258 e. The number of aromatic nitrogens is 1. The Morgan fingerprint density at radius 2 is 1.53 bits per heavy atom. The van der Waals surface area contributed by atoms with Crippen molar-refractivity contribution >= 4 is 5.69 Å². The second-order valence-corrected chi connectivity index (χ2v) is 5.38. The van der Waals surface area contributed by atoms with Gasteiger partial charge in [0.1, 0.15) is 6.20 Å². The van der Waals surface area contributed by atoms with Crippen molar-refractivity contribution in [1.82, 2.24) is 4.98 Å². The van der Waals surface area contributed by atoms with Gasteiger partial charge in [0.25, 0.3) is 5.69 Å². The molecule has 1 aromatic rings. The van der Waals surface area contributed by atoms with Crippen molar-refractivity contribution in [2.45, 2.75) is 64.2 Å². The van der Waals surface area contributed by atoms with Crippen LogP contribution in [0, 0.1) is 10.1 Å². The van der Waals surface area contributed by atoms with Crippen LogP contribution < -0.4 is 0 Å². The van der Waals surface area contributed by atoms with Crippen molar-refractivity contribution in [1.29, 1.82) is 0 Å². The van der Waals surface area contributed by atoms with E-state index in [0.717, 1.165) is 36.9 Å². The molecule has 1 aliphatic rings. The number of nitrogens with zero attached hydrogens (tertiary/aromatic N) is 2. The molecule has 0 saturated heterocycles. The number of aryl methyl sites for hydroxylation is 2. The molecular weight excluding hydrogens is 240 g/mol. The van der Waals surface area contributed by atoms with Gasteiger partial charge in [-0.2, -0.15) is 0 Å². The van der Waals surface area contributed by atoms with E-state index in [1.807, 2.05) is 0 Å². The van der Waals surface area contributed by atoms with Gasteiger partial charge in [0.2, 0.25) is 0 Å². The van der Waals surface area contributed by atoms with E-state index in [2.05, 4.69) is 4.98 Å². The quantitative estimate of drug-likeness (QED) is 0.562. The molecule has 1 aromatic heterocycles. The SMILES string of the molecule is O=[N+]([O-])c1cnc2c(c1)CCCCCCCCCC2. The Kier molecular flexibility index (Phi) is 5.31. The molecule has 0 spiro atoms. The monoisotopic (exact) mass is 262 g/mol. The van der Waals surface area contributed by atoms with Crippen molar-refractivity contribution in [3.63, 3.8) is 0 Å². The zero-order valence-corrected chi connectivity index (χ0v) is 11.4. The first kappa shape index (κ1) is 14.0. The van der Waals surface area contributed by atoms with Crippen LogP contribution in [0.25, 0.3) is 0 Å². The summed E-state index contributed by atoms with van der Waals surface area (Å²) in [6, 6.07) is 1.73. The minimum absolute atomic E-state index is 0.130. The van der Waals surface area contributed by atoms with E-state index in [9.17, 15) is 10.1 Å². The van der Waals surface area contributed by atoms with Crippen LogP contribution in [0.15, 0.2) is 12.3 Å². The van der Waals surface area contributed by atoms with Gasteiger partial charge in [0.15, 0.2) is 0 Å². The highest BCUT2D eigenvalue weighted by Crippen LogP contribution is 2.21. The molecular formula is C15H22N2O2. The summed E-state index contributed by atoms with van der Waals surface area (Å²) in [5, 5.41) is 10.8. The van der Waals surface area contributed by atoms with Crippen LogP contribution in [0.5, 0.6) is 0 Å². The van der Waals surface area contributed by atoms with E-state index in [-0.39, 0.29) is 10.6 Å². The first-order valence-electron chi connectivity index (χ1n) is 7.39. The third kappa shape index (κ3) is 4.30. The number of hydrogen-bond acceptors (Lipinski definition) is 3. The number of pyridine rings is 1. The Labute approximate surface area is 114 Å². The highest BCUT2D eigenvalue weighted by Gasteiger charge is 2.12. The average Bonchev–Trinajstić information content (AvgIpc) is 2.39. The van der Waals surface area contributed by atoms with E-state index in [1.165, 1.54) is 44.7 Å². The lowest BCUT2D eigenvalue weighted by atomic mass is 9.98.